The third-order valence-electron chi connectivity index (χ3n) is 4.60. The molecule has 142 valence electrons. The maximum atomic E-state index is 3.54. The van der Waals surface area contributed by atoms with E-state index in [4.69, 9.17) is 0 Å². The smallest absolute Gasteiger partial charge is 0.0441 e. The average Bonchev–Trinajstić information content (AvgIpc) is 2.63. The van der Waals surface area contributed by atoms with Crippen LogP contribution in [-0.2, 0) is 0 Å². The predicted octanol–water partition coefficient (Wildman–Crippen LogP) is 2.00. The average molecular weight is 374 g/mol. The van der Waals surface area contributed by atoms with Gasteiger partial charge in [0.1, 0.15) is 0 Å². The van der Waals surface area contributed by atoms with E-state index in [0.717, 1.165) is 52.4 Å². The molecule has 3 rings (SSSR count). The minimum absolute atomic E-state index is 1.02. The summed E-state index contributed by atoms with van der Waals surface area (Å²) >= 11 is 1.88. The van der Waals surface area contributed by atoms with Crippen molar-refractivity contribution in [1.82, 2.24) is 20.3 Å². The van der Waals surface area contributed by atoms with Crippen molar-refractivity contribution in [2.24, 2.45) is 0 Å². The number of nitrogens with one attached hydrogen (secondary N) is 3. The number of nitrogens with zero attached hydrogens (tertiary/aromatic N) is 2. The fourth-order valence-corrected chi connectivity index (χ4v) is 4.27. The molecule has 6 heteroatoms. The van der Waals surface area contributed by atoms with Crippen LogP contribution >= 0.6 is 11.9 Å². The lowest BCUT2D eigenvalue weighted by molar-refractivity contribution is 0.434. The van der Waals surface area contributed by atoms with E-state index in [1.54, 1.807) is 0 Å². The first kappa shape index (κ1) is 19.5. The van der Waals surface area contributed by atoms with E-state index < -0.39 is 0 Å². The van der Waals surface area contributed by atoms with Crippen LogP contribution in [0.1, 0.15) is 0 Å². The van der Waals surface area contributed by atoms with Crippen LogP contribution in [-0.4, -0.2) is 70.8 Å². The predicted molar refractivity (Wildman–Crippen MR) is 114 cm³/mol. The highest BCUT2D eigenvalue weighted by Gasteiger charge is 2.12. The van der Waals surface area contributed by atoms with Crippen LogP contribution in [0, 0.1) is 0 Å². The molecule has 1 fully saturated rings. The summed E-state index contributed by atoms with van der Waals surface area (Å²) in [7, 11) is 4.22. The molecule has 26 heavy (non-hydrogen) atoms. The zero-order chi connectivity index (χ0) is 18.2. The molecular formula is C20H31N5S. The number of hydrogen-bond donors (Lipinski definition) is 3. The molecule has 0 unspecified atom stereocenters. The molecule has 0 amide bonds. The Balaban J connectivity index is 1.76. The summed E-state index contributed by atoms with van der Waals surface area (Å²) in [6, 6.07) is 13.2. The Morgan fingerprint density at radius 3 is 2.00 bits per heavy atom. The van der Waals surface area contributed by atoms with Crippen LogP contribution in [0.3, 0.4) is 0 Å². The SMILES string of the molecule is CN(C)c1cccc2c(SN3CCNCCNCCNCC3)cccc12. The molecule has 0 aromatic heterocycles. The second-order valence-corrected chi connectivity index (χ2v) is 7.93. The summed E-state index contributed by atoms with van der Waals surface area (Å²) in [6.07, 6.45) is 0. The van der Waals surface area contributed by atoms with Gasteiger partial charge in [-0.2, -0.15) is 0 Å². The molecular weight excluding hydrogens is 342 g/mol. The Kier molecular flexibility index (Phi) is 7.58. The molecule has 0 aliphatic carbocycles. The fraction of sp³-hybridized carbons (Fsp3) is 0.500. The lowest BCUT2D eigenvalue weighted by Crippen LogP contribution is -2.39. The molecule has 0 saturated carbocycles. The number of benzene rings is 2. The van der Waals surface area contributed by atoms with Gasteiger partial charge in [-0.05, 0) is 29.5 Å². The van der Waals surface area contributed by atoms with E-state index in [9.17, 15) is 0 Å². The van der Waals surface area contributed by atoms with E-state index in [2.05, 4.69) is 75.6 Å². The molecule has 0 atom stereocenters. The van der Waals surface area contributed by atoms with Gasteiger partial charge in [-0.3, -0.25) is 0 Å². The van der Waals surface area contributed by atoms with Gasteiger partial charge >= 0.3 is 0 Å². The molecule has 1 aliphatic rings. The third-order valence-corrected chi connectivity index (χ3v) is 5.78. The maximum absolute atomic E-state index is 3.54. The van der Waals surface area contributed by atoms with Crippen molar-refractivity contribution in [2.45, 2.75) is 4.90 Å². The van der Waals surface area contributed by atoms with Crippen LogP contribution in [0.5, 0.6) is 0 Å². The summed E-state index contributed by atoms with van der Waals surface area (Å²) in [6.45, 7) is 8.23. The van der Waals surface area contributed by atoms with Gasteiger partial charge in [0.25, 0.3) is 0 Å². The minimum atomic E-state index is 1.02. The Bertz CT molecular complexity index is 679. The normalized spacial score (nSPS) is 18.2. The Morgan fingerprint density at radius 2 is 1.35 bits per heavy atom. The first-order chi connectivity index (χ1) is 12.8. The van der Waals surface area contributed by atoms with Crippen molar-refractivity contribution >= 4 is 28.4 Å². The molecule has 1 heterocycles. The standard InChI is InChI=1S/C20H31N5S/c1-24(2)19-7-3-6-18-17(19)5-4-8-20(18)26-25-15-13-22-11-9-21-10-12-23-14-16-25/h3-8,21-23H,9-16H2,1-2H3. The van der Waals surface area contributed by atoms with E-state index in [0.29, 0.717) is 0 Å². The largest absolute Gasteiger partial charge is 0.377 e. The second kappa shape index (κ2) is 10.1. The molecule has 2 aromatic rings. The van der Waals surface area contributed by atoms with E-state index >= 15 is 0 Å². The number of rotatable bonds is 3. The molecule has 0 radical (unpaired) electrons. The van der Waals surface area contributed by atoms with Gasteiger partial charge in [0, 0.05) is 82.4 Å². The van der Waals surface area contributed by atoms with Crippen LogP contribution in [0.15, 0.2) is 41.3 Å². The molecule has 0 bridgehead atoms. The van der Waals surface area contributed by atoms with Gasteiger partial charge in [-0.25, -0.2) is 4.31 Å². The number of anilines is 1. The molecule has 2 aromatic carbocycles. The Hall–Kier alpha value is -1.31. The lowest BCUT2D eigenvalue weighted by Gasteiger charge is -2.24. The number of hydrogen-bond acceptors (Lipinski definition) is 6. The second-order valence-electron chi connectivity index (χ2n) is 6.79. The van der Waals surface area contributed by atoms with Crippen molar-refractivity contribution in [3.8, 4) is 0 Å². The zero-order valence-corrected chi connectivity index (χ0v) is 16.7. The zero-order valence-electron chi connectivity index (χ0n) is 15.9. The number of fused-ring (bicyclic) bond motifs is 1. The lowest BCUT2D eigenvalue weighted by atomic mass is 10.1. The molecule has 5 nitrogen and oxygen atoms in total. The van der Waals surface area contributed by atoms with Crippen molar-refractivity contribution in [1.29, 1.82) is 0 Å². The van der Waals surface area contributed by atoms with Crippen LogP contribution in [0.4, 0.5) is 5.69 Å². The van der Waals surface area contributed by atoms with E-state index in [1.165, 1.54) is 21.4 Å². The summed E-state index contributed by atoms with van der Waals surface area (Å²) in [5.74, 6) is 0. The van der Waals surface area contributed by atoms with Crippen molar-refractivity contribution < 1.29 is 0 Å². The van der Waals surface area contributed by atoms with E-state index in [-0.39, 0.29) is 0 Å². The van der Waals surface area contributed by atoms with Gasteiger partial charge < -0.3 is 20.9 Å². The van der Waals surface area contributed by atoms with Gasteiger partial charge in [0.15, 0.2) is 0 Å². The van der Waals surface area contributed by atoms with Gasteiger partial charge in [0.05, 0.1) is 0 Å². The summed E-state index contributed by atoms with van der Waals surface area (Å²) in [5, 5.41) is 13.2. The maximum Gasteiger partial charge on any atom is 0.0441 e. The van der Waals surface area contributed by atoms with Crippen molar-refractivity contribution in [3.63, 3.8) is 0 Å². The first-order valence-electron chi connectivity index (χ1n) is 9.50. The molecule has 3 N–H and O–H groups in total. The fourth-order valence-electron chi connectivity index (χ4n) is 3.21. The van der Waals surface area contributed by atoms with E-state index in [1.807, 2.05) is 11.9 Å². The Morgan fingerprint density at radius 1 is 0.769 bits per heavy atom. The molecule has 0 spiro atoms. The monoisotopic (exact) mass is 373 g/mol. The highest BCUT2D eigenvalue weighted by Crippen LogP contribution is 2.34. The molecule has 1 saturated heterocycles. The summed E-state index contributed by atoms with van der Waals surface area (Å²) in [5.41, 5.74) is 1.27. The van der Waals surface area contributed by atoms with Gasteiger partial charge in [-0.15, -0.1) is 0 Å². The van der Waals surface area contributed by atoms with Crippen LogP contribution in [0.25, 0.3) is 10.8 Å². The quantitative estimate of drug-likeness (QED) is 0.715. The van der Waals surface area contributed by atoms with Crippen LogP contribution in [0.2, 0.25) is 0 Å². The first-order valence-corrected chi connectivity index (χ1v) is 10.3. The molecule has 1 aliphatic heterocycles. The van der Waals surface area contributed by atoms with Gasteiger partial charge in [0.2, 0.25) is 0 Å². The highest BCUT2D eigenvalue weighted by atomic mass is 32.2. The van der Waals surface area contributed by atoms with Crippen molar-refractivity contribution in [2.75, 3.05) is 71.4 Å². The minimum Gasteiger partial charge on any atom is -0.377 e. The van der Waals surface area contributed by atoms with Crippen molar-refractivity contribution in [3.05, 3.63) is 36.4 Å². The van der Waals surface area contributed by atoms with Gasteiger partial charge in [-0.1, -0.05) is 24.3 Å². The highest BCUT2D eigenvalue weighted by molar-refractivity contribution is 7.97. The van der Waals surface area contributed by atoms with Crippen LogP contribution < -0.4 is 20.9 Å². The summed E-state index contributed by atoms with van der Waals surface area (Å²) < 4.78 is 2.48. The Labute approximate surface area is 161 Å². The summed E-state index contributed by atoms with van der Waals surface area (Å²) in [4.78, 5) is 3.52. The third kappa shape index (κ3) is 5.34. The topological polar surface area (TPSA) is 42.6 Å².